The van der Waals surface area contributed by atoms with Gasteiger partial charge in [-0.2, -0.15) is 5.10 Å². The summed E-state index contributed by atoms with van der Waals surface area (Å²) in [5.74, 6) is -0.399. The second-order valence-electron chi connectivity index (χ2n) is 6.36. The number of hydrogen-bond donors (Lipinski definition) is 2. The minimum Gasteiger partial charge on any atom is -0.394 e. The molecule has 3 rings (SSSR count). The van der Waals surface area contributed by atoms with E-state index < -0.39 is 12.1 Å². The van der Waals surface area contributed by atoms with Gasteiger partial charge in [0.15, 0.2) is 0 Å². The summed E-state index contributed by atoms with van der Waals surface area (Å²) < 4.78 is 7.14. The molecule has 2 N–H and O–H groups in total. The van der Waals surface area contributed by atoms with Gasteiger partial charge < -0.3 is 20.1 Å². The summed E-state index contributed by atoms with van der Waals surface area (Å²) in [7, 11) is 3.38. The van der Waals surface area contributed by atoms with Gasteiger partial charge in [0.1, 0.15) is 18.4 Å². The zero-order chi connectivity index (χ0) is 18.8. The van der Waals surface area contributed by atoms with Gasteiger partial charge in [0.25, 0.3) is 5.91 Å². The van der Waals surface area contributed by atoms with Crippen LogP contribution in [0.2, 0.25) is 0 Å². The predicted octanol–water partition coefficient (Wildman–Crippen LogP) is 0.871. The average Bonchev–Trinajstić information content (AvgIpc) is 2.96. The maximum atomic E-state index is 12.3. The third-order valence-electron chi connectivity index (χ3n) is 4.55. The lowest BCUT2D eigenvalue weighted by molar-refractivity contribution is -0.157. The van der Waals surface area contributed by atoms with Crippen LogP contribution in [-0.2, 0) is 16.6 Å². The van der Waals surface area contributed by atoms with Crippen molar-refractivity contribution in [1.29, 1.82) is 0 Å². The van der Waals surface area contributed by atoms with E-state index in [1.165, 1.54) is 9.58 Å². The van der Waals surface area contributed by atoms with Crippen molar-refractivity contribution in [3.05, 3.63) is 47.3 Å². The number of benzene rings is 1. The number of rotatable bonds is 4. The molecule has 0 radical (unpaired) electrons. The lowest BCUT2D eigenvalue weighted by Crippen LogP contribution is -2.50. The fourth-order valence-electron chi connectivity index (χ4n) is 3.07. The molecule has 0 spiro atoms. The zero-order valence-electron chi connectivity index (χ0n) is 15.0. The van der Waals surface area contributed by atoms with Crippen molar-refractivity contribution in [2.75, 3.05) is 25.6 Å². The fourth-order valence-corrected chi connectivity index (χ4v) is 3.07. The number of ether oxygens (including phenoxy) is 1. The highest BCUT2D eigenvalue weighted by Crippen LogP contribution is 2.29. The largest absolute Gasteiger partial charge is 0.394 e. The first-order valence-electron chi connectivity index (χ1n) is 8.30. The van der Waals surface area contributed by atoms with Gasteiger partial charge in [0.2, 0.25) is 5.91 Å². The van der Waals surface area contributed by atoms with E-state index in [4.69, 9.17) is 4.74 Å². The number of aliphatic hydroxyl groups is 1. The Kier molecular flexibility index (Phi) is 5.06. The molecule has 0 bridgehead atoms. The van der Waals surface area contributed by atoms with Gasteiger partial charge in [-0.3, -0.25) is 14.3 Å². The molecule has 2 atom stereocenters. The molecule has 1 aromatic heterocycles. The SMILES string of the molecule is Cc1cc(C(=O)Nc2ccc(C3OCC(=O)N(C)C3CO)cc2)n(C)n1. The number of morpholine rings is 1. The molecule has 2 aromatic rings. The zero-order valence-corrected chi connectivity index (χ0v) is 15.0. The van der Waals surface area contributed by atoms with Crippen LogP contribution in [-0.4, -0.2) is 57.9 Å². The van der Waals surface area contributed by atoms with Crippen LogP contribution in [0.5, 0.6) is 0 Å². The molecule has 8 heteroatoms. The first-order valence-corrected chi connectivity index (χ1v) is 8.30. The van der Waals surface area contributed by atoms with E-state index >= 15 is 0 Å². The molecule has 0 saturated carbocycles. The third kappa shape index (κ3) is 3.47. The van der Waals surface area contributed by atoms with Crippen molar-refractivity contribution in [2.24, 2.45) is 7.05 Å². The molecule has 2 amide bonds. The molecular weight excluding hydrogens is 336 g/mol. The van der Waals surface area contributed by atoms with E-state index in [9.17, 15) is 14.7 Å². The molecule has 26 heavy (non-hydrogen) atoms. The number of carbonyl (C=O) groups excluding carboxylic acids is 2. The highest BCUT2D eigenvalue weighted by molar-refractivity contribution is 6.03. The summed E-state index contributed by atoms with van der Waals surface area (Å²) in [6, 6.07) is 8.46. The number of amides is 2. The van der Waals surface area contributed by atoms with Crippen molar-refractivity contribution < 1.29 is 19.4 Å². The number of aryl methyl sites for hydroxylation is 2. The number of aromatic nitrogens is 2. The topological polar surface area (TPSA) is 96.7 Å². The molecule has 8 nitrogen and oxygen atoms in total. The molecule has 1 aliphatic heterocycles. The smallest absolute Gasteiger partial charge is 0.273 e. The summed E-state index contributed by atoms with van der Waals surface area (Å²) >= 11 is 0. The van der Waals surface area contributed by atoms with E-state index in [-0.39, 0.29) is 25.0 Å². The Bertz CT molecular complexity index is 815. The van der Waals surface area contributed by atoms with E-state index in [1.54, 1.807) is 32.3 Å². The minimum atomic E-state index is -0.436. The molecule has 0 aliphatic carbocycles. The number of nitrogens with zero attached hydrogens (tertiary/aromatic N) is 3. The van der Waals surface area contributed by atoms with Crippen LogP contribution < -0.4 is 5.32 Å². The fraction of sp³-hybridized carbons (Fsp3) is 0.389. The quantitative estimate of drug-likeness (QED) is 0.845. The molecule has 1 saturated heterocycles. The Balaban J connectivity index is 1.73. The summed E-state index contributed by atoms with van der Waals surface area (Å²) in [5, 5.41) is 16.6. The summed E-state index contributed by atoms with van der Waals surface area (Å²) in [4.78, 5) is 25.6. The van der Waals surface area contributed by atoms with E-state index in [2.05, 4.69) is 10.4 Å². The van der Waals surface area contributed by atoms with Crippen molar-refractivity contribution in [3.8, 4) is 0 Å². The molecule has 138 valence electrons. The normalized spacial score (nSPS) is 20.3. The second-order valence-corrected chi connectivity index (χ2v) is 6.36. The second kappa shape index (κ2) is 7.27. The lowest BCUT2D eigenvalue weighted by Gasteiger charge is -2.38. The third-order valence-corrected chi connectivity index (χ3v) is 4.55. The standard InChI is InChI=1S/C18H22N4O4/c1-11-8-14(22(3)20-11)18(25)19-13-6-4-12(5-7-13)17-15(9-23)21(2)16(24)10-26-17/h4-8,15,17,23H,9-10H2,1-3H3,(H,19,25). The maximum Gasteiger partial charge on any atom is 0.273 e. The number of anilines is 1. The van der Waals surface area contributed by atoms with Gasteiger partial charge in [0, 0.05) is 19.8 Å². The van der Waals surface area contributed by atoms with Gasteiger partial charge >= 0.3 is 0 Å². The van der Waals surface area contributed by atoms with Gasteiger partial charge in [-0.15, -0.1) is 0 Å². The van der Waals surface area contributed by atoms with E-state index in [0.717, 1.165) is 11.3 Å². The Labute approximate surface area is 151 Å². The monoisotopic (exact) mass is 358 g/mol. The van der Waals surface area contributed by atoms with Crippen molar-refractivity contribution in [2.45, 2.75) is 19.1 Å². The average molecular weight is 358 g/mol. The Morgan fingerprint density at radius 2 is 2.04 bits per heavy atom. The van der Waals surface area contributed by atoms with Crippen LogP contribution in [0.3, 0.4) is 0 Å². The van der Waals surface area contributed by atoms with Gasteiger partial charge in [-0.25, -0.2) is 0 Å². The molecular formula is C18H22N4O4. The van der Waals surface area contributed by atoms with Crippen LogP contribution in [0.15, 0.2) is 30.3 Å². The van der Waals surface area contributed by atoms with Crippen LogP contribution in [0, 0.1) is 6.92 Å². The summed E-state index contributed by atoms with van der Waals surface area (Å²) in [6.07, 6.45) is -0.410. The molecule has 1 aliphatic rings. The highest BCUT2D eigenvalue weighted by atomic mass is 16.5. The van der Waals surface area contributed by atoms with Crippen molar-refractivity contribution in [1.82, 2.24) is 14.7 Å². The van der Waals surface area contributed by atoms with E-state index in [1.807, 2.05) is 19.1 Å². The summed E-state index contributed by atoms with van der Waals surface area (Å²) in [6.45, 7) is 1.62. The first kappa shape index (κ1) is 18.1. The minimum absolute atomic E-state index is 0.0179. The molecule has 1 fully saturated rings. The number of nitrogens with one attached hydrogen (secondary N) is 1. The highest BCUT2D eigenvalue weighted by Gasteiger charge is 2.34. The molecule has 2 heterocycles. The Hall–Kier alpha value is -2.71. The van der Waals surface area contributed by atoms with Crippen molar-refractivity contribution >= 4 is 17.5 Å². The predicted molar refractivity (Wildman–Crippen MR) is 94.7 cm³/mol. The van der Waals surface area contributed by atoms with Gasteiger partial charge in [-0.05, 0) is 30.7 Å². The number of likely N-dealkylation sites (N-methyl/N-ethyl adjacent to an activating group) is 1. The number of aliphatic hydroxyl groups excluding tert-OH is 1. The number of carbonyl (C=O) groups is 2. The maximum absolute atomic E-state index is 12.3. The van der Waals surface area contributed by atoms with Crippen LogP contribution in [0.1, 0.15) is 27.8 Å². The van der Waals surface area contributed by atoms with E-state index in [0.29, 0.717) is 11.4 Å². The summed E-state index contributed by atoms with van der Waals surface area (Å²) in [5.41, 5.74) is 2.72. The van der Waals surface area contributed by atoms with Crippen LogP contribution in [0.4, 0.5) is 5.69 Å². The van der Waals surface area contributed by atoms with Gasteiger partial charge in [-0.1, -0.05) is 12.1 Å². The lowest BCUT2D eigenvalue weighted by atomic mass is 9.99. The van der Waals surface area contributed by atoms with Gasteiger partial charge in [0.05, 0.1) is 18.3 Å². The Morgan fingerprint density at radius 3 is 2.62 bits per heavy atom. The molecule has 2 unspecified atom stereocenters. The first-order chi connectivity index (χ1) is 12.4. The Morgan fingerprint density at radius 1 is 1.35 bits per heavy atom. The van der Waals surface area contributed by atoms with Crippen LogP contribution >= 0.6 is 0 Å². The van der Waals surface area contributed by atoms with Crippen molar-refractivity contribution in [3.63, 3.8) is 0 Å². The molecule has 1 aromatic carbocycles. The number of hydrogen-bond acceptors (Lipinski definition) is 5. The van der Waals surface area contributed by atoms with Crippen LogP contribution in [0.25, 0.3) is 0 Å².